The van der Waals surface area contributed by atoms with Crippen LogP contribution < -0.4 is 15.4 Å². The fourth-order valence-corrected chi connectivity index (χ4v) is 1.21. The van der Waals surface area contributed by atoms with E-state index < -0.39 is 6.03 Å². The minimum absolute atomic E-state index is 0.557. The van der Waals surface area contributed by atoms with Crippen LogP contribution in [0.25, 0.3) is 0 Å². The molecule has 5 heteroatoms. The van der Waals surface area contributed by atoms with E-state index in [1.807, 2.05) is 11.4 Å². The normalized spacial score (nSPS) is 9.18. The van der Waals surface area contributed by atoms with Crippen molar-refractivity contribution in [1.82, 2.24) is 5.32 Å². The van der Waals surface area contributed by atoms with E-state index in [9.17, 15) is 4.79 Å². The van der Waals surface area contributed by atoms with Crippen molar-refractivity contribution in [3.63, 3.8) is 0 Å². The van der Waals surface area contributed by atoms with Crippen molar-refractivity contribution in [2.45, 2.75) is 19.8 Å². The predicted molar refractivity (Wildman–Crippen MR) is 64.6 cm³/mol. The number of benzene rings is 1. The van der Waals surface area contributed by atoms with Crippen molar-refractivity contribution in [1.29, 1.82) is 5.26 Å². The Morgan fingerprint density at radius 1 is 1.53 bits per heavy atom. The number of urea groups is 1. The van der Waals surface area contributed by atoms with Crippen molar-refractivity contribution in [2.75, 3.05) is 11.9 Å². The second kappa shape index (κ2) is 7.12. The number of hydrogen-bond acceptors (Lipinski definition) is 3. The Hall–Kier alpha value is -2.22. The summed E-state index contributed by atoms with van der Waals surface area (Å²) in [7, 11) is 0. The van der Waals surface area contributed by atoms with Gasteiger partial charge >= 0.3 is 6.03 Å². The summed E-state index contributed by atoms with van der Waals surface area (Å²) in [5.41, 5.74) is 0.590. The summed E-state index contributed by atoms with van der Waals surface area (Å²) in [6.07, 6.45) is 3.62. The molecule has 0 unspecified atom stereocenters. The van der Waals surface area contributed by atoms with Crippen LogP contribution >= 0.6 is 0 Å². The average molecular weight is 233 g/mol. The number of nitrogens with zero attached hydrogens (tertiary/aromatic N) is 1. The van der Waals surface area contributed by atoms with Crippen LogP contribution in [0, 0.1) is 11.5 Å². The number of rotatable bonds is 5. The van der Waals surface area contributed by atoms with Crippen LogP contribution in [0.3, 0.4) is 0 Å². The first-order valence-corrected chi connectivity index (χ1v) is 5.45. The van der Waals surface area contributed by atoms with Crippen molar-refractivity contribution < 1.29 is 9.53 Å². The maximum atomic E-state index is 11.1. The topological polar surface area (TPSA) is 74.2 Å². The van der Waals surface area contributed by atoms with Gasteiger partial charge in [0.15, 0.2) is 6.19 Å². The highest BCUT2D eigenvalue weighted by Gasteiger charge is 2.01. The third-order valence-corrected chi connectivity index (χ3v) is 2.03. The van der Waals surface area contributed by atoms with Crippen LogP contribution in [0.5, 0.6) is 5.75 Å². The molecule has 0 aliphatic rings. The highest BCUT2D eigenvalue weighted by Crippen LogP contribution is 2.17. The molecule has 0 saturated carbocycles. The van der Waals surface area contributed by atoms with Gasteiger partial charge in [-0.25, -0.2) is 10.1 Å². The van der Waals surface area contributed by atoms with Crippen LogP contribution in [-0.2, 0) is 0 Å². The van der Waals surface area contributed by atoms with E-state index in [2.05, 4.69) is 12.2 Å². The summed E-state index contributed by atoms with van der Waals surface area (Å²) < 4.78 is 5.49. The molecule has 1 aromatic carbocycles. The van der Waals surface area contributed by atoms with Gasteiger partial charge in [-0.1, -0.05) is 19.4 Å². The molecule has 0 fully saturated rings. The third kappa shape index (κ3) is 4.89. The first-order valence-electron chi connectivity index (χ1n) is 5.45. The molecule has 90 valence electrons. The number of unbranched alkanes of at least 4 members (excludes halogenated alkanes) is 1. The highest BCUT2D eigenvalue weighted by atomic mass is 16.5. The van der Waals surface area contributed by atoms with E-state index in [1.165, 1.54) is 0 Å². The number of nitriles is 1. The number of anilines is 1. The van der Waals surface area contributed by atoms with E-state index in [4.69, 9.17) is 10.00 Å². The molecule has 0 bridgehead atoms. The van der Waals surface area contributed by atoms with E-state index >= 15 is 0 Å². The molecule has 17 heavy (non-hydrogen) atoms. The van der Waals surface area contributed by atoms with Gasteiger partial charge < -0.3 is 10.1 Å². The molecule has 1 rings (SSSR count). The quantitative estimate of drug-likeness (QED) is 0.466. The molecule has 0 spiro atoms. The maximum absolute atomic E-state index is 11.1. The summed E-state index contributed by atoms with van der Waals surface area (Å²) in [5.74, 6) is 0.702. The molecule has 0 saturated heterocycles. The van der Waals surface area contributed by atoms with Gasteiger partial charge in [-0.15, -0.1) is 0 Å². The zero-order valence-corrected chi connectivity index (χ0v) is 9.69. The second-order valence-electron chi connectivity index (χ2n) is 3.42. The van der Waals surface area contributed by atoms with Gasteiger partial charge in [-0.2, -0.15) is 5.26 Å². The Bertz CT molecular complexity index is 412. The smallest absolute Gasteiger partial charge is 0.332 e. The number of carbonyl (C=O) groups is 1. The number of carbonyl (C=O) groups excluding carboxylic acids is 1. The van der Waals surface area contributed by atoms with Gasteiger partial charge in [0.25, 0.3) is 0 Å². The summed E-state index contributed by atoms with van der Waals surface area (Å²) in [4.78, 5) is 11.1. The van der Waals surface area contributed by atoms with E-state index in [0.717, 1.165) is 12.8 Å². The first kappa shape index (κ1) is 12.8. The molecule has 2 amide bonds. The Balaban J connectivity index is 2.53. The summed E-state index contributed by atoms with van der Waals surface area (Å²) >= 11 is 0. The molecular formula is C12H15N3O2. The second-order valence-corrected chi connectivity index (χ2v) is 3.42. The molecular weight excluding hydrogens is 218 g/mol. The monoisotopic (exact) mass is 233 g/mol. The van der Waals surface area contributed by atoms with E-state index in [1.54, 1.807) is 24.4 Å². The van der Waals surface area contributed by atoms with Crippen molar-refractivity contribution in [3.8, 4) is 11.9 Å². The fraction of sp³-hybridized carbons (Fsp3) is 0.333. The SMILES string of the molecule is CCCCOc1cccc(NC(=O)NC#N)c1. The average Bonchev–Trinajstić information content (AvgIpc) is 2.30. The zero-order chi connectivity index (χ0) is 12.5. The lowest BCUT2D eigenvalue weighted by Gasteiger charge is -2.07. The zero-order valence-electron chi connectivity index (χ0n) is 9.69. The van der Waals surface area contributed by atoms with Gasteiger partial charge in [0.2, 0.25) is 0 Å². The van der Waals surface area contributed by atoms with Crippen LogP contribution in [0.15, 0.2) is 24.3 Å². The van der Waals surface area contributed by atoms with Crippen molar-refractivity contribution in [3.05, 3.63) is 24.3 Å². The van der Waals surface area contributed by atoms with Crippen LogP contribution in [0.4, 0.5) is 10.5 Å². The van der Waals surface area contributed by atoms with Gasteiger partial charge in [-0.05, 0) is 18.6 Å². The number of hydrogen-bond donors (Lipinski definition) is 2. The minimum atomic E-state index is -0.557. The summed E-state index contributed by atoms with van der Waals surface area (Å²) in [6.45, 7) is 2.75. The Morgan fingerprint density at radius 3 is 3.06 bits per heavy atom. The first-order chi connectivity index (χ1) is 8.26. The lowest BCUT2D eigenvalue weighted by atomic mass is 10.3. The van der Waals surface area contributed by atoms with Crippen molar-refractivity contribution in [2.24, 2.45) is 0 Å². The molecule has 0 radical (unpaired) electrons. The minimum Gasteiger partial charge on any atom is -0.494 e. The van der Waals surface area contributed by atoms with E-state index in [0.29, 0.717) is 18.0 Å². The maximum Gasteiger partial charge on any atom is 0.332 e. The van der Waals surface area contributed by atoms with Gasteiger partial charge in [0.05, 0.1) is 6.61 Å². The standard InChI is InChI=1S/C12H15N3O2/c1-2-3-7-17-11-6-4-5-10(8-11)15-12(16)14-9-13/h4-6,8H,2-3,7H2,1H3,(H2,14,15,16). The Kier molecular flexibility index (Phi) is 5.38. The van der Waals surface area contributed by atoms with Crippen LogP contribution in [0.1, 0.15) is 19.8 Å². The molecule has 2 N–H and O–H groups in total. The van der Waals surface area contributed by atoms with Crippen LogP contribution in [-0.4, -0.2) is 12.6 Å². The molecule has 1 aromatic rings. The van der Waals surface area contributed by atoms with Gasteiger partial charge in [0.1, 0.15) is 5.75 Å². The molecule has 0 aliphatic carbocycles. The van der Waals surface area contributed by atoms with Gasteiger partial charge in [0, 0.05) is 11.8 Å². The number of nitrogens with one attached hydrogen (secondary N) is 2. The lowest BCUT2D eigenvalue weighted by molar-refractivity contribution is 0.255. The lowest BCUT2D eigenvalue weighted by Crippen LogP contribution is -2.23. The predicted octanol–water partition coefficient (Wildman–Crippen LogP) is 2.47. The highest BCUT2D eigenvalue weighted by molar-refractivity contribution is 5.90. The third-order valence-electron chi connectivity index (χ3n) is 2.03. The number of ether oxygens (including phenoxy) is 1. The van der Waals surface area contributed by atoms with Crippen LogP contribution in [0.2, 0.25) is 0 Å². The molecule has 0 aromatic heterocycles. The Morgan fingerprint density at radius 2 is 2.35 bits per heavy atom. The van der Waals surface area contributed by atoms with E-state index in [-0.39, 0.29) is 0 Å². The Labute approximate surface area is 100 Å². The molecule has 0 aliphatic heterocycles. The molecule has 0 atom stereocenters. The molecule has 0 heterocycles. The molecule has 5 nitrogen and oxygen atoms in total. The fourth-order valence-electron chi connectivity index (χ4n) is 1.21. The number of amides is 2. The summed E-state index contributed by atoms with van der Waals surface area (Å²) in [5, 5.41) is 12.8. The summed E-state index contributed by atoms with van der Waals surface area (Å²) in [6, 6.07) is 6.49. The van der Waals surface area contributed by atoms with Crippen molar-refractivity contribution >= 4 is 11.7 Å². The largest absolute Gasteiger partial charge is 0.494 e. The van der Waals surface area contributed by atoms with Gasteiger partial charge in [-0.3, -0.25) is 0 Å².